The fourth-order valence-corrected chi connectivity index (χ4v) is 4.54. The van der Waals surface area contributed by atoms with E-state index in [9.17, 15) is 4.79 Å². The Balaban J connectivity index is 1.41. The van der Waals surface area contributed by atoms with Crippen LogP contribution in [0.25, 0.3) is 0 Å². The Morgan fingerprint density at radius 2 is 1.72 bits per heavy atom. The molecule has 0 atom stereocenters. The first-order chi connectivity index (χ1) is 13.8. The first kappa shape index (κ1) is 21.8. The molecule has 1 aromatic carbocycles. The van der Waals surface area contributed by atoms with Gasteiger partial charge in [0, 0.05) is 19.1 Å². The number of hydrogen-bond donors (Lipinski definition) is 1. The Morgan fingerprint density at radius 3 is 2.28 bits per heavy atom. The number of likely N-dealkylation sites (tertiary alicyclic amines) is 2. The van der Waals surface area contributed by atoms with Crippen LogP contribution in [0, 0.1) is 0 Å². The number of benzene rings is 1. The summed E-state index contributed by atoms with van der Waals surface area (Å²) in [4.78, 5) is 17.0. The van der Waals surface area contributed by atoms with Crippen molar-refractivity contribution in [3.63, 3.8) is 0 Å². The van der Waals surface area contributed by atoms with Crippen LogP contribution in [0.1, 0.15) is 63.5 Å². The van der Waals surface area contributed by atoms with Crippen LogP contribution < -0.4 is 5.84 Å². The third-order valence-electron chi connectivity index (χ3n) is 6.01. The molecule has 1 aromatic rings. The first-order valence-corrected chi connectivity index (χ1v) is 10.9. The zero-order chi connectivity index (χ0) is 20.9. The second kappa shape index (κ2) is 9.72. The van der Waals surface area contributed by atoms with Gasteiger partial charge in [0.05, 0.1) is 12.8 Å². The Bertz CT molecular complexity index is 680. The van der Waals surface area contributed by atoms with Crippen molar-refractivity contribution in [2.24, 2.45) is 10.9 Å². The molecule has 0 aromatic heterocycles. The number of hydrogen-bond acceptors (Lipinski definition) is 6. The van der Waals surface area contributed by atoms with E-state index in [1.807, 2.05) is 20.8 Å². The molecule has 2 aliphatic heterocycles. The molecule has 2 saturated heterocycles. The number of nitrogens with zero attached hydrogens (tertiary/aromatic N) is 3. The van der Waals surface area contributed by atoms with E-state index in [4.69, 9.17) is 10.6 Å². The second-order valence-corrected chi connectivity index (χ2v) is 9.35. The van der Waals surface area contributed by atoms with Crippen molar-refractivity contribution in [1.29, 1.82) is 0 Å². The smallest absolute Gasteiger partial charge is 0.320 e. The minimum atomic E-state index is -0.405. The Morgan fingerprint density at radius 1 is 1.10 bits per heavy atom. The van der Waals surface area contributed by atoms with Crippen molar-refractivity contribution >= 4 is 12.2 Å². The number of carbonyl (C=O) groups excluding carboxylic acids is 1. The molecule has 3 rings (SSSR count). The summed E-state index contributed by atoms with van der Waals surface area (Å²) in [7, 11) is 0. The Hall–Kier alpha value is -1.92. The molecule has 2 heterocycles. The van der Waals surface area contributed by atoms with E-state index in [0.29, 0.717) is 18.5 Å². The van der Waals surface area contributed by atoms with Crippen LogP contribution in [-0.4, -0.2) is 66.4 Å². The second-order valence-electron chi connectivity index (χ2n) is 9.35. The molecular weight excluding hydrogens is 364 g/mol. The Kier molecular flexibility index (Phi) is 7.30. The molecule has 0 unspecified atom stereocenters. The number of rotatable bonds is 5. The highest BCUT2D eigenvalue weighted by Gasteiger charge is 2.29. The van der Waals surface area contributed by atoms with Crippen LogP contribution in [0.5, 0.6) is 0 Å². The van der Waals surface area contributed by atoms with Crippen LogP contribution in [0.2, 0.25) is 0 Å². The van der Waals surface area contributed by atoms with Crippen LogP contribution >= 0.6 is 0 Å². The largest absolute Gasteiger partial charge is 0.459 e. The monoisotopic (exact) mass is 400 g/mol. The molecule has 160 valence electrons. The van der Waals surface area contributed by atoms with E-state index in [1.54, 1.807) is 6.21 Å². The van der Waals surface area contributed by atoms with Gasteiger partial charge in [0.25, 0.3) is 0 Å². The maximum Gasteiger partial charge on any atom is 0.320 e. The fourth-order valence-electron chi connectivity index (χ4n) is 4.54. The van der Waals surface area contributed by atoms with Crippen molar-refractivity contribution in [3.8, 4) is 0 Å². The van der Waals surface area contributed by atoms with Crippen molar-refractivity contribution in [2.75, 3.05) is 32.7 Å². The standard InChI is InChI=1S/C23H36N4O2/c1-23(2,3)29-22(28)17-26-12-10-21(11-13-26)27-14-8-20(9-15-27)19-6-4-18(5-7-19)16-25-24/h4-7,16,20-21H,8-15,17,24H2,1-3H3. The summed E-state index contributed by atoms with van der Waals surface area (Å²) in [6, 6.07) is 9.27. The molecule has 0 spiro atoms. The van der Waals surface area contributed by atoms with Gasteiger partial charge in [-0.1, -0.05) is 24.3 Å². The highest BCUT2D eigenvalue weighted by Crippen LogP contribution is 2.30. The zero-order valence-corrected chi connectivity index (χ0v) is 18.1. The first-order valence-electron chi connectivity index (χ1n) is 10.9. The van der Waals surface area contributed by atoms with Gasteiger partial charge in [-0.25, -0.2) is 0 Å². The van der Waals surface area contributed by atoms with E-state index in [0.717, 1.165) is 44.6 Å². The average Bonchev–Trinajstić information content (AvgIpc) is 2.68. The summed E-state index contributed by atoms with van der Waals surface area (Å²) in [5, 5.41) is 3.59. The maximum absolute atomic E-state index is 12.1. The van der Waals surface area contributed by atoms with E-state index in [2.05, 4.69) is 39.2 Å². The average molecular weight is 401 g/mol. The Labute approximate surface area is 175 Å². The lowest BCUT2D eigenvalue weighted by molar-refractivity contribution is -0.156. The van der Waals surface area contributed by atoms with Gasteiger partial charge in [0.1, 0.15) is 5.60 Å². The number of ether oxygens (including phenoxy) is 1. The topological polar surface area (TPSA) is 71.2 Å². The van der Waals surface area contributed by atoms with Crippen molar-refractivity contribution in [3.05, 3.63) is 35.4 Å². The number of esters is 1. The summed E-state index contributed by atoms with van der Waals surface area (Å²) in [5.41, 5.74) is 2.07. The highest BCUT2D eigenvalue weighted by molar-refractivity contribution is 5.79. The molecule has 0 saturated carbocycles. The number of nitrogens with two attached hydrogens (primary N) is 1. The molecule has 2 fully saturated rings. The molecule has 6 heteroatoms. The minimum Gasteiger partial charge on any atom is -0.459 e. The van der Waals surface area contributed by atoms with E-state index in [-0.39, 0.29) is 5.97 Å². The van der Waals surface area contributed by atoms with Crippen molar-refractivity contribution in [2.45, 2.75) is 64.0 Å². The van der Waals surface area contributed by atoms with Crippen LogP contribution in [0.15, 0.2) is 29.4 Å². The predicted octanol–water partition coefficient (Wildman–Crippen LogP) is 2.96. The van der Waals surface area contributed by atoms with Crippen LogP contribution in [0.4, 0.5) is 0 Å². The third kappa shape index (κ3) is 6.54. The molecule has 29 heavy (non-hydrogen) atoms. The van der Waals surface area contributed by atoms with E-state index < -0.39 is 5.60 Å². The summed E-state index contributed by atoms with van der Waals surface area (Å²) < 4.78 is 5.45. The zero-order valence-electron chi connectivity index (χ0n) is 18.1. The van der Waals surface area contributed by atoms with Crippen LogP contribution in [-0.2, 0) is 9.53 Å². The van der Waals surface area contributed by atoms with E-state index >= 15 is 0 Å². The summed E-state index contributed by atoms with van der Waals surface area (Å²) in [6.45, 7) is 10.5. The van der Waals surface area contributed by atoms with E-state index in [1.165, 1.54) is 18.4 Å². The number of piperidine rings is 2. The van der Waals surface area contributed by atoms with Gasteiger partial charge >= 0.3 is 5.97 Å². The minimum absolute atomic E-state index is 0.111. The van der Waals surface area contributed by atoms with Gasteiger partial charge in [0.15, 0.2) is 0 Å². The van der Waals surface area contributed by atoms with Gasteiger partial charge in [-0.3, -0.25) is 9.69 Å². The molecule has 0 amide bonds. The summed E-state index contributed by atoms with van der Waals surface area (Å²) in [5.74, 6) is 5.75. The lowest BCUT2D eigenvalue weighted by atomic mass is 9.87. The molecule has 0 bridgehead atoms. The highest BCUT2D eigenvalue weighted by atomic mass is 16.6. The fraction of sp³-hybridized carbons (Fsp3) is 0.652. The molecule has 6 nitrogen and oxygen atoms in total. The predicted molar refractivity (Wildman–Crippen MR) is 117 cm³/mol. The summed E-state index contributed by atoms with van der Waals surface area (Å²) >= 11 is 0. The lowest BCUT2D eigenvalue weighted by Gasteiger charge is -2.41. The van der Waals surface area contributed by atoms with Gasteiger partial charge in [0.2, 0.25) is 0 Å². The number of carbonyl (C=O) groups is 1. The molecule has 0 radical (unpaired) electrons. The SMILES string of the molecule is CC(C)(C)OC(=O)CN1CCC(N2CCC(c3ccc(C=NN)cc3)CC2)CC1. The summed E-state index contributed by atoms with van der Waals surface area (Å²) in [6.07, 6.45) is 6.38. The lowest BCUT2D eigenvalue weighted by Crippen LogP contribution is -2.48. The van der Waals surface area contributed by atoms with Gasteiger partial charge in [-0.05, 0) is 76.6 Å². The normalized spacial score (nSPS) is 20.9. The quantitative estimate of drug-likeness (QED) is 0.356. The molecular formula is C23H36N4O2. The van der Waals surface area contributed by atoms with Gasteiger partial charge in [-0.2, -0.15) is 5.10 Å². The van der Waals surface area contributed by atoms with Crippen molar-refractivity contribution < 1.29 is 9.53 Å². The molecule has 2 aliphatic rings. The van der Waals surface area contributed by atoms with Gasteiger partial charge in [-0.15, -0.1) is 0 Å². The maximum atomic E-state index is 12.1. The molecule has 2 N–H and O–H groups in total. The van der Waals surface area contributed by atoms with Gasteiger partial charge < -0.3 is 15.5 Å². The van der Waals surface area contributed by atoms with Crippen molar-refractivity contribution in [1.82, 2.24) is 9.80 Å². The number of hydrazone groups is 1. The van der Waals surface area contributed by atoms with Crippen LogP contribution in [0.3, 0.4) is 0 Å². The third-order valence-corrected chi connectivity index (χ3v) is 6.01. The molecule has 0 aliphatic carbocycles.